The Kier molecular flexibility index (Phi) is 4.74. The minimum Gasteiger partial charge on any atom is -0.234 e. The van der Waals surface area contributed by atoms with Crippen LogP contribution in [0.1, 0.15) is 4.88 Å². The summed E-state index contributed by atoms with van der Waals surface area (Å²) in [6.45, 7) is 0.427. The number of hydrogen-bond acceptors (Lipinski definition) is 6. The van der Waals surface area contributed by atoms with Crippen molar-refractivity contribution in [3.05, 3.63) is 39.9 Å². The second-order valence-electron chi connectivity index (χ2n) is 4.70. The Bertz CT molecular complexity index is 847. The molecule has 0 fully saturated rings. The standard InChI is InChI=1S/C14H14N2O2S4/c1-22(17,18)15-7-6-10-4-5-12(21-10)11-9-20-14(16-11)13-3-2-8-19-13/h2-5,8-9,15H,6-7H2,1H3. The van der Waals surface area contributed by atoms with Crippen LogP contribution in [-0.2, 0) is 16.4 Å². The Morgan fingerprint density at radius 1 is 1.18 bits per heavy atom. The van der Waals surface area contributed by atoms with E-state index in [0.29, 0.717) is 13.0 Å². The van der Waals surface area contributed by atoms with Crippen LogP contribution in [0.25, 0.3) is 20.5 Å². The van der Waals surface area contributed by atoms with Crippen molar-refractivity contribution < 1.29 is 8.42 Å². The first-order valence-corrected chi connectivity index (χ1v) is 11.0. The van der Waals surface area contributed by atoms with Gasteiger partial charge in [0.05, 0.1) is 21.7 Å². The minimum atomic E-state index is -3.12. The SMILES string of the molecule is CS(=O)(=O)NCCc1ccc(-c2csc(-c3cccs3)n2)s1. The molecule has 3 heterocycles. The number of rotatable bonds is 6. The molecule has 0 saturated carbocycles. The molecule has 1 N–H and O–H groups in total. The lowest BCUT2D eigenvalue weighted by Gasteiger charge is -1.99. The van der Waals surface area contributed by atoms with Crippen molar-refractivity contribution in [3.63, 3.8) is 0 Å². The summed E-state index contributed by atoms with van der Waals surface area (Å²) in [7, 11) is -3.12. The largest absolute Gasteiger partial charge is 0.234 e. The number of sulfonamides is 1. The van der Waals surface area contributed by atoms with Gasteiger partial charge in [0.2, 0.25) is 10.0 Å². The van der Waals surface area contributed by atoms with Crippen LogP contribution in [0.15, 0.2) is 35.0 Å². The van der Waals surface area contributed by atoms with E-state index >= 15 is 0 Å². The number of thiophene rings is 2. The fourth-order valence-electron chi connectivity index (χ4n) is 1.91. The maximum absolute atomic E-state index is 11.0. The molecule has 0 saturated heterocycles. The van der Waals surface area contributed by atoms with Gasteiger partial charge in [-0.25, -0.2) is 18.1 Å². The molecule has 8 heteroatoms. The van der Waals surface area contributed by atoms with E-state index < -0.39 is 10.0 Å². The zero-order valence-corrected chi connectivity index (χ0v) is 15.0. The monoisotopic (exact) mass is 370 g/mol. The molecule has 0 aromatic carbocycles. The molecular weight excluding hydrogens is 356 g/mol. The highest BCUT2D eigenvalue weighted by Crippen LogP contribution is 2.34. The van der Waals surface area contributed by atoms with E-state index in [1.54, 1.807) is 34.0 Å². The van der Waals surface area contributed by atoms with Gasteiger partial charge in [0.1, 0.15) is 5.01 Å². The predicted octanol–water partition coefficient (Wildman–Crippen LogP) is 3.69. The van der Waals surface area contributed by atoms with Crippen molar-refractivity contribution in [2.75, 3.05) is 12.8 Å². The number of hydrogen-bond donors (Lipinski definition) is 1. The van der Waals surface area contributed by atoms with Gasteiger partial charge in [0.15, 0.2) is 0 Å². The molecule has 0 bridgehead atoms. The number of nitrogens with one attached hydrogen (secondary N) is 1. The molecule has 0 unspecified atom stereocenters. The normalized spacial score (nSPS) is 11.9. The highest BCUT2D eigenvalue weighted by molar-refractivity contribution is 7.88. The van der Waals surface area contributed by atoms with Gasteiger partial charge in [-0.05, 0) is 30.0 Å². The fourth-order valence-corrected chi connectivity index (χ4v) is 5.06. The zero-order chi connectivity index (χ0) is 15.6. The Hall–Kier alpha value is -1.06. The van der Waals surface area contributed by atoms with Crippen molar-refractivity contribution in [1.29, 1.82) is 0 Å². The Labute approximate surface area is 141 Å². The van der Waals surface area contributed by atoms with Crippen molar-refractivity contribution in [1.82, 2.24) is 9.71 Å². The molecule has 0 amide bonds. The molecule has 0 spiro atoms. The molecule has 116 valence electrons. The summed E-state index contributed by atoms with van der Waals surface area (Å²) >= 11 is 5.00. The molecule has 0 aliphatic carbocycles. The molecule has 0 atom stereocenters. The third-order valence-corrected chi connectivity index (χ3v) is 6.66. The number of nitrogens with zero attached hydrogens (tertiary/aromatic N) is 1. The van der Waals surface area contributed by atoms with Crippen LogP contribution in [0.3, 0.4) is 0 Å². The quantitative estimate of drug-likeness (QED) is 0.720. The first-order chi connectivity index (χ1) is 10.5. The summed E-state index contributed by atoms with van der Waals surface area (Å²) in [4.78, 5) is 8.14. The highest BCUT2D eigenvalue weighted by atomic mass is 32.2. The topological polar surface area (TPSA) is 59.1 Å². The minimum absolute atomic E-state index is 0.427. The van der Waals surface area contributed by atoms with Crippen LogP contribution >= 0.6 is 34.0 Å². The van der Waals surface area contributed by atoms with E-state index in [0.717, 1.165) is 20.5 Å². The van der Waals surface area contributed by atoms with Gasteiger partial charge >= 0.3 is 0 Å². The molecule has 0 aliphatic rings. The van der Waals surface area contributed by atoms with Crippen molar-refractivity contribution in [2.45, 2.75) is 6.42 Å². The lowest BCUT2D eigenvalue weighted by Crippen LogP contribution is -2.23. The van der Waals surface area contributed by atoms with Gasteiger partial charge in [-0.2, -0.15) is 0 Å². The van der Waals surface area contributed by atoms with E-state index in [2.05, 4.69) is 26.5 Å². The summed E-state index contributed by atoms with van der Waals surface area (Å²) in [6.07, 6.45) is 1.87. The lowest BCUT2D eigenvalue weighted by atomic mass is 10.3. The molecule has 22 heavy (non-hydrogen) atoms. The first-order valence-electron chi connectivity index (χ1n) is 6.54. The average Bonchev–Trinajstić information content (AvgIpc) is 3.18. The fraction of sp³-hybridized carbons (Fsp3) is 0.214. The van der Waals surface area contributed by atoms with Crippen molar-refractivity contribution in [2.24, 2.45) is 0 Å². The maximum atomic E-state index is 11.0. The van der Waals surface area contributed by atoms with Crippen LogP contribution in [0.5, 0.6) is 0 Å². The summed E-state index contributed by atoms with van der Waals surface area (Å²) in [6, 6.07) is 8.19. The van der Waals surface area contributed by atoms with E-state index in [4.69, 9.17) is 0 Å². The van der Waals surface area contributed by atoms with E-state index in [-0.39, 0.29) is 0 Å². The van der Waals surface area contributed by atoms with Gasteiger partial charge in [-0.3, -0.25) is 0 Å². The first kappa shape index (κ1) is 15.8. The van der Waals surface area contributed by atoms with Crippen LogP contribution in [0.4, 0.5) is 0 Å². The third kappa shape index (κ3) is 4.02. The summed E-state index contributed by atoms with van der Waals surface area (Å²) in [5.74, 6) is 0. The Morgan fingerprint density at radius 3 is 2.77 bits per heavy atom. The summed E-state index contributed by atoms with van der Waals surface area (Å²) < 4.78 is 24.6. The highest BCUT2D eigenvalue weighted by Gasteiger charge is 2.10. The molecule has 3 aromatic rings. The van der Waals surface area contributed by atoms with Gasteiger partial charge in [0.25, 0.3) is 0 Å². The van der Waals surface area contributed by atoms with Crippen LogP contribution in [-0.4, -0.2) is 26.2 Å². The molecule has 0 aliphatic heterocycles. The maximum Gasteiger partial charge on any atom is 0.208 e. The van der Waals surface area contributed by atoms with E-state index in [9.17, 15) is 8.42 Å². The van der Waals surface area contributed by atoms with Gasteiger partial charge in [-0.1, -0.05) is 6.07 Å². The average molecular weight is 371 g/mol. The second-order valence-corrected chi connectivity index (χ2v) is 9.50. The smallest absolute Gasteiger partial charge is 0.208 e. The van der Waals surface area contributed by atoms with Crippen LogP contribution in [0.2, 0.25) is 0 Å². The van der Waals surface area contributed by atoms with Gasteiger partial charge < -0.3 is 0 Å². The van der Waals surface area contributed by atoms with E-state index in [1.807, 2.05) is 18.2 Å². The van der Waals surface area contributed by atoms with Crippen LogP contribution in [0, 0.1) is 0 Å². The third-order valence-electron chi connectivity index (χ3n) is 2.89. The van der Waals surface area contributed by atoms with E-state index in [1.165, 1.54) is 11.1 Å². The zero-order valence-electron chi connectivity index (χ0n) is 11.8. The molecule has 3 rings (SSSR count). The molecule has 3 aromatic heterocycles. The molecule has 4 nitrogen and oxygen atoms in total. The summed E-state index contributed by atoms with van der Waals surface area (Å²) in [5, 5.41) is 5.16. The van der Waals surface area contributed by atoms with Gasteiger partial charge in [0, 0.05) is 16.8 Å². The van der Waals surface area contributed by atoms with Crippen molar-refractivity contribution in [3.8, 4) is 20.5 Å². The molecular formula is C14H14N2O2S4. The van der Waals surface area contributed by atoms with Crippen LogP contribution < -0.4 is 4.72 Å². The Morgan fingerprint density at radius 2 is 2.05 bits per heavy atom. The van der Waals surface area contributed by atoms with Crippen molar-refractivity contribution >= 4 is 44.0 Å². The van der Waals surface area contributed by atoms with Gasteiger partial charge in [-0.15, -0.1) is 34.0 Å². The summed E-state index contributed by atoms with van der Waals surface area (Å²) in [5.41, 5.74) is 0.987. The Balaban J connectivity index is 1.69. The number of aromatic nitrogens is 1. The molecule has 0 radical (unpaired) electrons. The predicted molar refractivity (Wildman–Crippen MR) is 95.3 cm³/mol. The second kappa shape index (κ2) is 6.59. The lowest BCUT2D eigenvalue weighted by molar-refractivity contribution is 0.588. The number of thiazole rings is 1.